The molecular weight excluding hydrogens is 204 g/mol. The summed E-state index contributed by atoms with van der Waals surface area (Å²) >= 11 is 5.25. The molecule has 0 aliphatic rings. The van der Waals surface area contributed by atoms with Crippen molar-refractivity contribution < 1.29 is 9.59 Å². The minimum absolute atomic E-state index is 0.191. The zero-order chi connectivity index (χ0) is 11.1. The van der Waals surface area contributed by atoms with E-state index in [0.29, 0.717) is 12.5 Å². The predicted molar refractivity (Wildman–Crippen MR) is 56.3 cm³/mol. The summed E-state index contributed by atoms with van der Waals surface area (Å²) in [6.07, 6.45) is 0.916. The highest BCUT2D eigenvalue weighted by Gasteiger charge is 2.11. The average Bonchev–Trinajstić information content (AvgIpc) is 2.13. The lowest BCUT2D eigenvalue weighted by molar-refractivity contribution is -0.117. The third-order valence-electron chi connectivity index (χ3n) is 1.76. The van der Waals surface area contributed by atoms with Crippen LogP contribution in [0.3, 0.4) is 0 Å². The second-order valence-corrected chi connectivity index (χ2v) is 3.86. The van der Waals surface area contributed by atoms with Gasteiger partial charge in [0.1, 0.15) is 5.88 Å². The Morgan fingerprint density at radius 2 is 2.00 bits per heavy atom. The van der Waals surface area contributed by atoms with Gasteiger partial charge in [0, 0.05) is 13.6 Å². The highest BCUT2D eigenvalue weighted by molar-refractivity contribution is 6.28. The number of rotatable bonds is 4. The summed E-state index contributed by atoms with van der Waals surface area (Å²) in [6, 6.07) is -0.392. The normalized spacial score (nSPS) is 10.1. The molecule has 0 radical (unpaired) electrons. The van der Waals surface area contributed by atoms with Crippen molar-refractivity contribution in [1.82, 2.24) is 10.2 Å². The van der Waals surface area contributed by atoms with Crippen LogP contribution in [0.15, 0.2) is 0 Å². The standard InChI is InChI=1S/C9H17ClN2O2/c1-7(2)4-5-12(3)9(14)11-8(13)6-10/h7H,4-6H2,1-3H3,(H,11,13,14). The highest BCUT2D eigenvalue weighted by Crippen LogP contribution is 2.00. The Morgan fingerprint density at radius 1 is 1.43 bits per heavy atom. The minimum Gasteiger partial charge on any atom is -0.328 e. The number of imide groups is 1. The first-order chi connectivity index (χ1) is 6.47. The van der Waals surface area contributed by atoms with Gasteiger partial charge in [-0.15, -0.1) is 11.6 Å². The van der Waals surface area contributed by atoms with Crippen molar-refractivity contribution in [1.29, 1.82) is 0 Å². The Morgan fingerprint density at radius 3 is 2.43 bits per heavy atom. The molecule has 0 rings (SSSR count). The molecule has 0 fully saturated rings. The van der Waals surface area contributed by atoms with Crippen LogP contribution >= 0.6 is 11.6 Å². The number of urea groups is 1. The number of nitrogens with one attached hydrogen (secondary N) is 1. The van der Waals surface area contributed by atoms with E-state index in [9.17, 15) is 9.59 Å². The lowest BCUT2D eigenvalue weighted by Gasteiger charge is -2.17. The average molecular weight is 221 g/mol. The van der Waals surface area contributed by atoms with Crippen LogP contribution in [-0.4, -0.2) is 36.3 Å². The predicted octanol–water partition coefficient (Wildman–Crippen LogP) is 1.44. The zero-order valence-electron chi connectivity index (χ0n) is 8.84. The molecule has 0 saturated carbocycles. The number of amides is 3. The minimum atomic E-state index is -0.465. The molecule has 0 aliphatic carbocycles. The maximum absolute atomic E-state index is 11.3. The van der Waals surface area contributed by atoms with Crippen LogP contribution in [-0.2, 0) is 4.79 Å². The zero-order valence-corrected chi connectivity index (χ0v) is 9.60. The largest absolute Gasteiger partial charge is 0.328 e. The Balaban J connectivity index is 3.82. The molecule has 0 heterocycles. The second-order valence-electron chi connectivity index (χ2n) is 3.59. The van der Waals surface area contributed by atoms with E-state index in [0.717, 1.165) is 6.42 Å². The van der Waals surface area contributed by atoms with Gasteiger partial charge in [-0.2, -0.15) is 0 Å². The molecular formula is C9H17ClN2O2. The fourth-order valence-electron chi connectivity index (χ4n) is 0.801. The SMILES string of the molecule is CC(C)CCN(C)C(=O)NC(=O)CCl. The van der Waals surface area contributed by atoms with Gasteiger partial charge in [-0.25, -0.2) is 4.79 Å². The van der Waals surface area contributed by atoms with Crippen molar-refractivity contribution in [2.45, 2.75) is 20.3 Å². The molecule has 0 aromatic rings. The van der Waals surface area contributed by atoms with Crippen LogP contribution in [0.4, 0.5) is 4.79 Å². The van der Waals surface area contributed by atoms with E-state index in [1.807, 2.05) is 0 Å². The van der Waals surface area contributed by atoms with Gasteiger partial charge in [0.05, 0.1) is 0 Å². The van der Waals surface area contributed by atoms with Gasteiger partial charge in [-0.1, -0.05) is 13.8 Å². The van der Waals surface area contributed by atoms with Crippen LogP contribution in [0, 0.1) is 5.92 Å². The molecule has 4 nitrogen and oxygen atoms in total. The summed E-state index contributed by atoms with van der Waals surface area (Å²) < 4.78 is 0. The smallest absolute Gasteiger partial charge is 0.323 e. The van der Waals surface area contributed by atoms with Crippen molar-refractivity contribution in [2.24, 2.45) is 5.92 Å². The first kappa shape index (κ1) is 13.2. The van der Waals surface area contributed by atoms with Crippen molar-refractivity contribution >= 4 is 23.5 Å². The maximum atomic E-state index is 11.3. The van der Waals surface area contributed by atoms with Gasteiger partial charge in [-0.05, 0) is 12.3 Å². The summed E-state index contributed by atoms with van der Waals surface area (Å²) in [5.74, 6) is -0.119. The van der Waals surface area contributed by atoms with E-state index >= 15 is 0 Å². The number of hydrogen-bond donors (Lipinski definition) is 1. The Hall–Kier alpha value is -0.770. The molecule has 1 N–H and O–H groups in total. The lowest BCUT2D eigenvalue weighted by Crippen LogP contribution is -2.41. The Labute approximate surface area is 89.6 Å². The molecule has 0 bridgehead atoms. The van der Waals surface area contributed by atoms with Crippen molar-refractivity contribution in [2.75, 3.05) is 19.5 Å². The molecule has 5 heteroatoms. The van der Waals surface area contributed by atoms with E-state index in [4.69, 9.17) is 11.6 Å². The van der Waals surface area contributed by atoms with E-state index < -0.39 is 11.9 Å². The Kier molecular flexibility index (Phi) is 6.28. The van der Waals surface area contributed by atoms with Gasteiger partial charge < -0.3 is 4.90 Å². The second kappa shape index (κ2) is 6.65. The molecule has 14 heavy (non-hydrogen) atoms. The third kappa shape index (κ3) is 5.80. The van der Waals surface area contributed by atoms with Gasteiger partial charge in [-0.3, -0.25) is 10.1 Å². The number of carbonyl (C=O) groups is 2. The quantitative estimate of drug-likeness (QED) is 0.729. The number of alkyl halides is 1. The maximum Gasteiger partial charge on any atom is 0.323 e. The number of nitrogens with zero attached hydrogens (tertiary/aromatic N) is 1. The van der Waals surface area contributed by atoms with Crippen LogP contribution in [0.25, 0.3) is 0 Å². The third-order valence-corrected chi connectivity index (χ3v) is 2.00. The molecule has 0 saturated heterocycles. The first-order valence-electron chi connectivity index (χ1n) is 4.58. The molecule has 0 atom stereocenters. The van der Waals surface area contributed by atoms with Crippen LogP contribution in [0.2, 0.25) is 0 Å². The summed E-state index contributed by atoms with van der Waals surface area (Å²) in [7, 11) is 1.65. The molecule has 0 aromatic carbocycles. The van der Waals surface area contributed by atoms with Gasteiger partial charge in [0.2, 0.25) is 5.91 Å². The lowest BCUT2D eigenvalue weighted by atomic mass is 10.1. The summed E-state index contributed by atoms with van der Waals surface area (Å²) in [5.41, 5.74) is 0. The highest BCUT2D eigenvalue weighted by atomic mass is 35.5. The van der Waals surface area contributed by atoms with E-state index in [-0.39, 0.29) is 5.88 Å². The molecule has 0 aromatic heterocycles. The molecule has 0 aliphatic heterocycles. The van der Waals surface area contributed by atoms with Crippen molar-refractivity contribution in [3.8, 4) is 0 Å². The van der Waals surface area contributed by atoms with E-state index in [2.05, 4.69) is 19.2 Å². The van der Waals surface area contributed by atoms with Crippen molar-refractivity contribution in [3.05, 3.63) is 0 Å². The Bertz CT molecular complexity index is 207. The topological polar surface area (TPSA) is 49.4 Å². The van der Waals surface area contributed by atoms with Crippen LogP contribution < -0.4 is 5.32 Å². The van der Waals surface area contributed by atoms with E-state index in [1.165, 1.54) is 4.90 Å². The van der Waals surface area contributed by atoms with Gasteiger partial charge >= 0.3 is 6.03 Å². The summed E-state index contributed by atoms with van der Waals surface area (Å²) in [4.78, 5) is 23.5. The number of carbonyl (C=O) groups excluding carboxylic acids is 2. The molecule has 3 amide bonds. The van der Waals surface area contributed by atoms with E-state index in [1.54, 1.807) is 7.05 Å². The van der Waals surface area contributed by atoms with Crippen LogP contribution in [0.1, 0.15) is 20.3 Å². The van der Waals surface area contributed by atoms with Crippen LogP contribution in [0.5, 0.6) is 0 Å². The van der Waals surface area contributed by atoms with Crippen molar-refractivity contribution in [3.63, 3.8) is 0 Å². The first-order valence-corrected chi connectivity index (χ1v) is 5.11. The van der Waals surface area contributed by atoms with Gasteiger partial charge in [0.15, 0.2) is 0 Å². The number of hydrogen-bond acceptors (Lipinski definition) is 2. The molecule has 82 valence electrons. The fraction of sp³-hybridized carbons (Fsp3) is 0.778. The number of halogens is 1. The summed E-state index contributed by atoms with van der Waals surface area (Å²) in [5, 5.41) is 2.17. The summed E-state index contributed by atoms with van der Waals surface area (Å²) in [6.45, 7) is 4.80. The molecule has 0 spiro atoms. The fourth-order valence-corrected chi connectivity index (χ4v) is 0.868. The monoisotopic (exact) mass is 220 g/mol. The van der Waals surface area contributed by atoms with Gasteiger partial charge in [0.25, 0.3) is 0 Å². The molecule has 0 unspecified atom stereocenters.